The minimum absolute atomic E-state index is 0.0223. The van der Waals surface area contributed by atoms with Gasteiger partial charge in [-0.25, -0.2) is 4.79 Å². The molecule has 0 saturated heterocycles. The number of rotatable bonds is 7. The maximum Gasteiger partial charge on any atom is 0.340 e. The number of amides is 1. The first-order chi connectivity index (χ1) is 15.2. The molecule has 0 aliphatic carbocycles. The molecule has 0 radical (unpaired) electrons. The Morgan fingerprint density at radius 1 is 1.09 bits per heavy atom. The van der Waals surface area contributed by atoms with Gasteiger partial charge in [0.15, 0.2) is 6.10 Å². The zero-order valence-electron chi connectivity index (χ0n) is 18.1. The van der Waals surface area contributed by atoms with E-state index in [4.69, 9.17) is 9.47 Å². The predicted octanol–water partition coefficient (Wildman–Crippen LogP) is 4.19. The molecule has 0 aliphatic rings. The van der Waals surface area contributed by atoms with Gasteiger partial charge in [-0.2, -0.15) is 0 Å². The smallest absolute Gasteiger partial charge is 0.340 e. The molecule has 9 nitrogen and oxygen atoms in total. The lowest BCUT2D eigenvalue weighted by atomic mass is 10.2. The highest BCUT2D eigenvalue weighted by molar-refractivity contribution is 5.99. The maximum absolute atomic E-state index is 12.7. The molecule has 9 heteroatoms. The Hall–Kier alpha value is -4.14. The van der Waals surface area contributed by atoms with E-state index in [1.165, 1.54) is 32.2 Å². The van der Waals surface area contributed by atoms with Gasteiger partial charge < -0.3 is 19.4 Å². The minimum atomic E-state index is -1.18. The summed E-state index contributed by atoms with van der Waals surface area (Å²) in [5.41, 5.74) is 2.40. The minimum Gasteiger partial charge on any atom is -0.496 e. The van der Waals surface area contributed by atoms with Gasteiger partial charge in [-0.3, -0.25) is 14.9 Å². The Morgan fingerprint density at radius 2 is 1.78 bits per heavy atom. The van der Waals surface area contributed by atoms with Crippen molar-refractivity contribution in [3.8, 4) is 11.4 Å². The summed E-state index contributed by atoms with van der Waals surface area (Å²) in [7, 11) is 1.38. The summed E-state index contributed by atoms with van der Waals surface area (Å²) in [5.74, 6) is -1.07. The average molecular weight is 437 g/mol. The number of nitro groups is 1. The van der Waals surface area contributed by atoms with Gasteiger partial charge in [0.25, 0.3) is 11.6 Å². The third-order valence-corrected chi connectivity index (χ3v) is 4.98. The first kappa shape index (κ1) is 22.5. The van der Waals surface area contributed by atoms with E-state index < -0.39 is 22.9 Å². The van der Waals surface area contributed by atoms with E-state index in [9.17, 15) is 19.7 Å². The summed E-state index contributed by atoms with van der Waals surface area (Å²) >= 11 is 0. The number of nitro benzene ring substituents is 1. The lowest BCUT2D eigenvalue weighted by Gasteiger charge is -2.14. The van der Waals surface area contributed by atoms with Gasteiger partial charge in [0.05, 0.1) is 23.7 Å². The van der Waals surface area contributed by atoms with Gasteiger partial charge in [-0.05, 0) is 51.1 Å². The van der Waals surface area contributed by atoms with Crippen molar-refractivity contribution in [2.45, 2.75) is 26.9 Å². The maximum atomic E-state index is 12.7. The molecule has 0 spiro atoms. The zero-order chi connectivity index (χ0) is 23.4. The number of esters is 1. The van der Waals surface area contributed by atoms with Crippen LogP contribution in [0.5, 0.6) is 5.75 Å². The standard InChI is InChI=1S/C23H23N3O6/c1-14-12-19(15(2)25(14)17-8-6-5-7-9-17)23(28)32-16(3)22(27)24-20-11-10-18(31-4)13-21(20)26(29)30/h5-13,16H,1-4H3,(H,24,27). The number of para-hydroxylation sites is 1. The number of hydrogen-bond donors (Lipinski definition) is 1. The van der Waals surface area contributed by atoms with Crippen molar-refractivity contribution < 1.29 is 24.0 Å². The summed E-state index contributed by atoms with van der Waals surface area (Å²) in [5, 5.41) is 13.7. The highest BCUT2D eigenvalue weighted by Crippen LogP contribution is 2.29. The van der Waals surface area contributed by atoms with E-state index in [-0.39, 0.29) is 17.1 Å². The summed E-state index contributed by atoms with van der Waals surface area (Å²) in [6, 6.07) is 15.3. The van der Waals surface area contributed by atoms with Gasteiger partial charge in [0.1, 0.15) is 11.4 Å². The monoisotopic (exact) mass is 437 g/mol. The number of benzene rings is 2. The topological polar surface area (TPSA) is 113 Å². The van der Waals surface area contributed by atoms with Crippen LogP contribution < -0.4 is 10.1 Å². The molecule has 166 valence electrons. The fourth-order valence-corrected chi connectivity index (χ4v) is 3.35. The molecule has 32 heavy (non-hydrogen) atoms. The second kappa shape index (κ2) is 9.34. The number of methoxy groups -OCH3 is 1. The Bertz CT molecular complexity index is 1170. The normalized spacial score (nSPS) is 11.5. The second-order valence-electron chi connectivity index (χ2n) is 7.13. The molecule has 0 bridgehead atoms. The van der Waals surface area contributed by atoms with E-state index in [2.05, 4.69) is 5.32 Å². The molecule has 0 fully saturated rings. The van der Waals surface area contributed by atoms with Crippen LogP contribution in [0, 0.1) is 24.0 Å². The Morgan fingerprint density at radius 3 is 2.41 bits per heavy atom. The van der Waals surface area contributed by atoms with Gasteiger partial charge in [-0.15, -0.1) is 0 Å². The van der Waals surface area contributed by atoms with Crippen molar-refractivity contribution >= 4 is 23.3 Å². The lowest BCUT2D eigenvalue weighted by molar-refractivity contribution is -0.384. The average Bonchev–Trinajstić information content (AvgIpc) is 3.08. The van der Waals surface area contributed by atoms with Crippen LogP contribution in [0.2, 0.25) is 0 Å². The molecule has 1 N–H and O–H groups in total. The van der Waals surface area contributed by atoms with Crippen LogP contribution in [0.25, 0.3) is 5.69 Å². The number of aryl methyl sites for hydroxylation is 1. The van der Waals surface area contributed by atoms with Crippen molar-refractivity contribution in [3.05, 3.63) is 81.7 Å². The molecule has 0 aliphatic heterocycles. The lowest BCUT2D eigenvalue weighted by Crippen LogP contribution is -2.30. The molecule has 1 aromatic heterocycles. The largest absolute Gasteiger partial charge is 0.496 e. The van der Waals surface area contributed by atoms with Crippen LogP contribution in [-0.4, -0.2) is 34.6 Å². The second-order valence-corrected chi connectivity index (χ2v) is 7.13. The van der Waals surface area contributed by atoms with E-state index >= 15 is 0 Å². The first-order valence-electron chi connectivity index (χ1n) is 9.81. The third kappa shape index (κ3) is 4.61. The highest BCUT2D eigenvalue weighted by Gasteiger charge is 2.25. The molecule has 2 aromatic carbocycles. The van der Waals surface area contributed by atoms with E-state index in [1.807, 2.05) is 41.8 Å². The number of nitrogens with zero attached hydrogens (tertiary/aromatic N) is 2. The SMILES string of the molecule is COc1ccc(NC(=O)C(C)OC(=O)c2cc(C)n(-c3ccccc3)c2C)c([N+](=O)[O-])c1. The molecule has 0 saturated carbocycles. The van der Waals surface area contributed by atoms with E-state index in [0.717, 1.165) is 11.4 Å². The van der Waals surface area contributed by atoms with Crippen molar-refractivity contribution in [1.29, 1.82) is 0 Å². The zero-order valence-corrected chi connectivity index (χ0v) is 18.1. The van der Waals surface area contributed by atoms with Crippen molar-refractivity contribution in [3.63, 3.8) is 0 Å². The molecule has 1 amide bonds. The molecular formula is C23H23N3O6. The summed E-state index contributed by atoms with van der Waals surface area (Å²) < 4.78 is 12.2. The van der Waals surface area contributed by atoms with Crippen LogP contribution in [0.4, 0.5) is 11.4 Å². The highest BCUT2D eigenvalue weighted by atomic mass is 16.6. The van der Waals surface area contributed by atoms with Crippen molar-refractivity contribution in [1.82, 2.24) is 4.57 Å². The molecule has 1 atom stereocenters. The Kier molecular flexibility index (Phi) is 6.58. The van der Waals surface area contributed by atoms with Gasteiger partial charge in [0.2, 0.25) is 0 Å². The summed E-state index contributed by atoms with van der Waals surface area (Å²) in [6.45, 7) is 5.07. The third-order valence-electron chi connectivity index (χ3n) is 4.98. The molecular weight excluding hydrogens is 414 g/mol. The van der Waals surface area contributed by atoms with Crippen LogP contribution >= 0.6 is 0 Å². The number of carbonyl (C=O) groups is 2. The quantitative estimate of drug-likeness (QED) is 0.337. The van der Waals surface area contributed by atoms with Gasteiger partial charge in [0, 0.05) is 17.1 Å². The van der Waals surface area contributed by atoms with Crippen LogP contribution in [0.15, 0.2) is 54.6 Å². The van der Waals surface area contributed by atoms with E-state index in [1.54, 1.807) is 13.0 Å². The fraction of sp³-hybridized carbons (Fsp3) is 0.217. The predicted molar refractivity (Wildman–Crippen MR) is 118 cm³/mol. The van der Waals surface area contributed by atoms with Crippen molar-refractivity contribution in [2.75, 3.05) is 12.4 Å². The number of nitrogens with one attached hydrogen (secondary N) is 1. The van der Waals surface area contributed by atoms with Crippen LogP contribution in [0.3, 0.4) is 0 Å². The molecule has 1 unspecified atom stereocenters. The Labute approximate surface area is 184 Å². The molecule has 3 rings (SSSR count). The summed E-state index contributed by atoms with van der Waals surface area (Å²) in [6.07, 6.45) is -1.18. The van der Waals surface area contributed by atoms with Crippen LogP contribution in [0.1, 0.15) is 28.7 Å². The number of ether oxygens (including phenoxy) is 2. The van der Waals surface area contributed by atoms with Gasteiger partial charge >= 0.3 is 5.97 Å². The van der Waals surface area contributed by atoms with E-state index in [0.29, 0.717) is 11.3 Å². The first-order valence-corrected chi connectivity index (χ1v) is 9.81. The van der Waals surface area contributed by atoms with Crippen LogP contribution in [-0.2, 0) is 9.53 Å². The van der Waals surface area contributed by atoms with Crippen molar-refractivity contribution in [2.24, 2.45) is 0 Å². The molecule has 3 aromatic rings. The fourth-order valence-electron chi connectivity index (χ4n) is 3.35. The number of aromatic nitrogens is 1. The number of hydrogen-bond acceptors (Lipinski definition) is 6. The number of carbonyl (C=O) groups excluding carboxylic acids is 2. The number of anilines is 1. The van der Waals surface area contributed by atoms with Gasteiger partial charge in [-0.1, -0.05) is 18.2 Å². The summed E-state index contributed by atoms with van der Waals surface area (Å²) in [4.78, 5) is 36.0. The molecule has 1 heterocycles. The Balaban J connectivity index is 1.76.